The Morgan fingerprint density at radius 3 is 2.71 bits per heavy atom. The minimum Gasteiger partial charge on any atom is -0.367 e. The van der Waals surface area contributed by atoms with Crippen molar-refractivity contribution < 1.29 is 4.39 Å². The van der Waals surface area contributed by atoms with Crippen LogP contribution in [-0.4, -0.2) is 25.7 Å². The monoisotopic (exact) mass is 290 g/mol. The summed E-state index contributed by atoms with van der Waals surface area (Å²) in [5.41, 5.74) is 0.761. The first-order valence-electron chi connectivity index (χ1n) is 8.45. The van der Waals surface area contributed by atoms with Gasteiger partial charge in [0.25, 0.3) is 0 Å². The smallest absolute Gasteiger partial charge is 0.146 e. The fraction of sp³-hybridized carbons (Fsp3) is 0.667. The Morgan fingerprint density at radius 2 is 1.95 bits per heavy atom. The standard InChI is InChI=1S/C18H27FN2/c1-14-10-16(20-11-15-6-2-3-7-15)13-21(12-14)18-9-5-4-8-17(18)19/h4-5,8-9,14-16,20H,2-3,6-7,10-13H2,1H3. The van der Waals surface area contributed by atoms with Crippen molar-refractivity contribution in [2.75, 3.05) is 24.5 Å². The third-order valence-corrected chi connectivity index (χ3v) is 5.02. The summed E-state index contributed by atoms with van der Waals surface area (Å²) < 4.78 is 14.0. The lowest BCUT2D eigenvalue weighted by molar-refractivity contribution is 0.330. The van der Waals surface area contributed by atoms with E-state index < -0.39 is 0 Å². The van der Waals surface area contributed by atoms with Crippen LogP contribution in [-0.2, 0) is 0 Å². The number of hydrogen-bond acceptors (Lipinski definition) is 2. The number of rotatable bonds is 4. The highest BCUT2D eigenvalue weighted by Crippen LogP contribution is 2.27. The van der Waals surface area contributed by atoms with Gasteiger partial charge in [0.1, 0.15) is 5.82 Å². The van der Waals surface area contributed by atoms with Crippen molar-refractivity contribution >= 4 is 5.69 Å². The zero-order valence-electron chi connectivity index (χ0n) is 13.0. The van der Waals surface area contributed by atoms with E-state index in [1.54, 1.807) is 12.1 Å². The van der Waals surface area contributed by atoms with Crippen LogP contribution in [0.15, 0.2) is 24.3 Å². The summed E-state index contributed by atoms with van der Waals surface area (Å²) in [4.78, 5) is 2.22. The number of nitrogens with one attached hydrogen (secondary N) is 1. The van der Waals surface area contributed by atoms with Crippen LogP contribution in [0.4, 0.5) is 10.1 Å². The first-order chi connectivity index (χ1) is 10.2. The molecule has 21 heavy (non-hydrogen) atoms. The molecular weight excluding hydrogens is 263 g/mol. The first kappa shape index (κ1) is 14.8. The van der Waals surface area contributed by atoms with Gasteiger partial charge in [0.15, 0.2) is 0 Å². The van der Waals surface area contributed by atoms with Gasteiger partial charge in [0.2, 0.25) is 0 Å². The Labute approximate surface area is 127 Å². The lowest BCUT2D eigenvalue weighted by Crippen LogP contribution is -2.49. The SMILES string of the molecule is CC1CC(NCC2CCCC2)CN(c2ccccc2F)C1. The molecule has 2 aliphatic rings. The molecule has 1 heterocycles. The van der Waals surface area contributed by atoms with Crippen molar-refractivity contribution in [2.24, 2.45) is 11.8 Å². The number of halogens is 1. The number of hydrogen-bond donors (Lipinski definition) is 1. The van der Waals surface area contributed by atoms with Crippen molar-refractivity contribution in [3.05, 3.63) is 30.1 Å². The second-order valence-corrected chi connectivity index (χ2v) is 6.95. The van der Waals surface area contributed by atoms with E-state index in [0.29, 0.717) is 12.0 Å². The fourth-order valence-corrected chi connectivity index (χ4v) is 3.95. The summed E-state index contributed by atoms with van der Waals surface area (Å²) in [5, 5.41) is 3.75. The molecule has 3 heteroatoms. The Balaban J connectivity index is 1.60. The molecule has 1 saturated carbocycles. The van der Waals surface area contributed by atoms with Gasteiger partial charge >= 0.3 is 0 Å². The normalized spacial score (nSPS) is 27.2. The highest BCUT2D eigenvalue weighted by atomic mass is 19.1. The molecule has 0 spiro atoms. The lowest BCUT2D eigenvalue weighted by atomic mass is 9.94. The van der Waals surface area contributed by atoms with Crippen molar-refractivity contribution in [1.82, 2.24) is 5.32 Å². The van der Waals surface area contributed by atoms with Crippen LogP contribution in [0.2, 0.25) is 0 Å². The van der Waals surface area contributed by atoms with Crippen LogP contribution in [0.5, 0.6) is 0 Å². The number of nitrogens with zero attached hydrogens (tertiary/aromatic N) is 1. The van der Waals surface area contributed by atoms with Crippen molar-refractivity contribution in [3.8, 4) is 0 Å². The van der Waals surface area contributed by atoms with E-state index in [2.05, 4.69) is 17.1 Å². The minimum absolute atomic E-state index is 0.0962. The molecule has 1 aromatic carbocycles. The van der Waals surface area contributed by atoms with Crippen LogP contribution in [0.1, 0.15) is 39.0 Å². The van der Waals surface area contributed by atoms with Gasteiger partial charge in [0, 0.05) is 19.1 Å². The number of piperidine rings is 1. The van der Waals surface area contributed by atoms with Gasteiger partial charge in [-0.25, -0.2) is 4.39 Å². The number of para-hydroxylation sites is 1. The van der Waals surface area contributed by atoms with Crippen molar-refractivity contribution in [3.63, 3.8) is 0 Å². The fourth-order valence-electron chi connectivity index (χ4n) is 3.95. The molecule has 1 aromatic rings. The van der Waals surface area contributed by atoms with Gasteiger partial charge in [-0.05, 0) is 49.8 Å². The molecule has 2 atom stereocenters. The molecule has 2 unspecified atom stereocenters. The van der Waals surface area contributed by atoms with Gasteiger partial charge in [0.05, 0.1) is 5.69 Å². The summed E-state index contributed by atoms with van der Waals surface area (Å²) in [6, 6.07) is 7.66. The molecule has 0 radical (unpaired) electrons. The molecule has 2 nitrogen and oxygen atoms in total. The minimum atomic E-state index is -0.0962. The van der Waals surface area contributed by atoms with E-state index in [1.807, 2.05) is 12.1 Å². The summed E-state index contributed by atoms with van der Waals surface area (Å²) in [7, 11) is 0. The molecule has 116 valence electrons. The molecule has 0 aromatic heterocycles. The number of anilines is 1. The zero-order valence-corrected chi connectivity index (χ0v) is 13.0. The topological polar surface area (TPSA) is 15.3 Å². The van der Waals surface area contributed by atoms with E-state index in [9.17, 15) is 4.39 Å². The Hall–Kier alpha value is -1.09. The predicted molar refractivity (Wildman–Crippen MR) is 86.1 cm³/mol. The van der Waals surface area contributed by atoms with E-state index in [0.717, 1.165) is 31.2 Å². The summed E-state index contributed by atoms with van der Waals surface area (Å²) >= 11 is 0. The highest BCUT2D eigenvalue weighted by molar-refractivity contribution is 5.48. The Morgan fingerprint density at radius 1 is 1.19 bits per heavy atom. The molecule has 3 rings (SSSR count). The van der Waals surface area contributed by atoms with E-state index in [-0.39, 0.29) is 5.82 Å². The zero-order chi connectivity index (χ0) is 14.7. The van der Waals surface area contributed by atoms with Crippen molar-refractivity contribution in [1.29, 1.82) is 0 Å². The van der Waals surface area contributed by atoms with Crippen LogP contribution in [0.3, 0.4) is 0 Å². The molecule has 1 aliphatic carbocycles. The van der Waals surface area contributed by atoms with Gasteiger partial charge in [-0.1, -0.05) is 31.9 Å². The first-order valence-corrected chi connectivity index (χ1v) is 8.45. The molecule has 1 N–H and O–H groups in total. The van der Waals surface area contributed by atoms with Gasteiger partial charge in [-0.3, -0.25) is 0 Å². The van der Waals surface area contributed by atoms with Crippen LogP contribution in [0.25, 0.3) is 0 Å². The molecular formula is C18H27FN2. The largest absolute Gasteiger partial charge is 0.367 e. The maximum absolute atomic E-state index is 14.0. The third-order valence-electron chi connectivity index (χ3n) is 5.02. The maximum atomic E-state index is 14.0. The maximum Gasteiger partial charge on any atom is 0.146 e. The lowest BCUT2D eigenvalue weighted by Gasteiger charge is -2.39. The average molecular weight is 290 g/mol. The molecule has 2 fully saturated rings. The quantitative estimate of drug-likeness (QED) is 0.907. The van der Waals surface area contributed by atoms with Crippen LogP contribution >= 0.6 is 0 Å². The Kier molecular flexibility index (Phi) is 4.79. The molecule has 0 bridgehead atoms. The van der Waals surface area contributed by atoms with Gasteiger partial charge in [-0.15, -0.1) is 0 Å². The van der Waals surface area contributed by atoms with Crippen LogP contribution < -0.4 is 10.2 Å². The number of benzene rings is 1. The van der Waals surface area contributed by atoms with E-state index in [4.69, 9.17) is 0 Å². The van der Waals surface area contributed by atoms with Gasteiger partial charge < -0.3 is 10.2 Å². The summed E-state index contributed by atoms with van der Waals surface area (Å²) in [6.07, 6.45) is 6.76. The van der Waals surface area contributed by atoms with Crippen molar-refractivity contribution in [2.45, 2.75) is 45.1 Å². The van der Waals surface area contributed by atoms with E-state index in [1.165, 1.54) is 32.1 Å². The second kappa shape index (κ2) is 6.78. The average Bonchev–Trinajstić information content (AvgIpc) is 2.98. The second-order valence-electron chi connectivity index (χ2n) is 6.95. The van der Waals surface area contributed by atoms with Gasteiger partial charge in [-0.2, -0.15) is 0 Å². The van der Waals surface area contributed by atoms with E-state index >= 15 is 0 Å². The predicted octanol–water partition coefficient (Wildman–Crippen LogP) is 3.82. The highest BCUT2D eigenvalue weighted by Gasteiger charge is 2.26. The molecule has 1 aliphatic heterocycles. The summed E-state index contributed by atoms with van der Waals surface area (Å²) in [6.45, 7) is 5.31. The summed E-state index contributed by atoms with van der Waals surface area (Å²) in [5.74, 6) is 1.38. The molecule has 1 saturated heterocycles. The van der Waals surface area contributed by atoms with Crippen LogP contribution in [0, 0.1) is 17.7 Å². The molecule has 0 amide bonds. The third kappa shape index (κ3) is 3.76. The Bertz CT molecular complexity index is 456.